The van der Waals surface area contributed by atoms with Crippen molar-refractivity contribution >= 4 is 10.0 Å². The summed E-state index contributed by atoms with van der Waals surface area (Å²) in [5, 5.41) is 0. The maximum atomic E-state index is 12.5. The van der Waals surface area contributed by atoms with Crippen molar-refractivity contribution in [1.82, 2.24) is 9.21 Å². The third-order valence-corrected chi connectivity index (χ3v) is 6.98. The van der Waals surface area contributed by atoms with Gasteiger partial charge in [0.1, 0.15) is 0 Å². The number of hydrogen-bond donors (Lipinski definition) is 0. The summed E-state index contributed by atoms with van der Waals surface area (Å²) in [7, 11) is -0.211. The summed E-state index contributed by atoms with van der Waals surface area (Å²) in [4.78, 5) is 2.85. The Labute approximate surface area is 145 Å². The van der Waals surface area contributed by atoms with Crippen molar-refractivity contribution in [3.8, 4) is 0 Å². The van der Waals surface area contributed by atoms with Gasteiger partial charge in [-0.05, 0) is 50.3 Å². The molecule has 2 aliphatic heterocycles. The van der Waals surface area contributed by atoms with E-state index in [9.17, 15) is 8.42 Å². The number of hydrogen-bond acceptors (Lipinski definition) is 4. The van der Waals surface area contributed by atoms with Gasteiger partial charge in [-0.25, -0.2) is 12.7 Å². The second-order valence-electron chi connectivity index (χ2n) is 7.70. The van der Waals surface area contributed by atoms with Gasteiger partial charge in [-0.15, -0.1) is 0 Å². The Balaban J connectivity index is 1.76. The molecule has 2 heterocycles. The van der Waals surface area contributed by atoms with Crippen LogP contribution < -0.4 is 0 Å². The lowest BCUT2D eigenvalue weighted by Crippen LogP contribution is -2.38. The van der Waals surface area contributed by atoms with E-state index in [4.69, 9.17) is 4.74 Å². The molecule has 0 aromatic heterocycles. The normalized spacial score (nSPS) is 24.3. The molecule has 1 unspecified atom stereocenters. The van der Waals surface area contributed by atoms with Gasteiger partial charge in [-0.3, -0.25) is 4.90 Å². The Morgan fingerprint density at radius 1 is 1.33 bits per heavy atom. The molecule has 0 saturated carbocycles. The van der Waals surface area contributed by atoms with Crippen LogP contribution in [0.1, 0.15) is 37.8 Å². The average molecular weight is 353 g/mol. The zero-order valence-corrected chi connectivity index (χ0v) is 15.9. The van der Waals surface area contributed by atoms with Crippen LogP contribution in [-0.2, 0) is 27.7 Å². The average Bonchev–Trinajstić information content (AvgIpc) is 2.85. The second kappa shape index (κ2) is 6.41. The van der Waals surface area contributed by atoms with Crippen molar-refractivity contribution in [2.24, 2.45) is 0 Å². The molecule has 0 spiro atoms. The number of fused-ring (bicyclic) bond motifs is 1. The van der Waals surface area contributed by atoms with E-state index in [2.05, 4.69) is 24.8 Å². The van der Waals surface area contributed by atoms with E-state index in [-0.39, 0.29) is 11.7 Å². The van der Waals surface area contributed by atoms with Crippen LogP contribution in [0.2, 0.25) is 0 Å². The van der Waals surface area contributed by atoms with Gasteiger partial charge in [0.15, 0.2) is 0 Å². The molecule has 2 aliphatic rings. The summed E-state index contributed by atoms with van der Waals surface area (Å²) in [5.41, 5.74) is 2.10. The standard InChI is InChI=1S/C18H28N2O3S/c1-18(2)10-8-15(23-18)13-20-11-9-16-14(12-20)6-5-7-17(16)24(21,22)19(3)4/h5-7,15H,8-13H2,1-4H3. The van der Waals surface area contributed by atoms with E-state index in [0.717, 1.165) is 50.0 Å². The van der Waals surface area contributed by atoms with Crippen molar-refractivity contribution in [1.29, 1.82) is 0 Å². The molecular weight excluding hydrogens is 324 g/mol. The van der Waals surface area contributed by atoms with Gasteiger partial charge in [0.25, 0.3) is 0 Å². The predicted octanol–water partition coefficient (Wildman–Crippen LogP) is 2.25. The van der Waals surface area contributed by atoms with Crippen LogP contribution in [-0.4, -0.2) is 56.5 Å². The lowest BCUT2D eigenvalue weighted by molar-refractivity contribution is -0.0301. The zero-order chi connectivity index (χ0) is 17.5. The van der Waals surface area contributed by atoms with Crippen LogP contribution in [0.4, 0.5) is 0 Å². The maximum Gasteiger partial charge on any atom is 0.242 e. The smallest absolute Gasteiger partial charge is 0.242 e. The molecule has 1 saturated heterocycles. The van der Waals surface area contributed by atoms with E-state index < -0.39 is 10.0 Å². The fourth-order valence-corrected chi connectivity index (χ4v) is 4.91. The largest absolute Gasteiger partial charge is 0.371 e. The number of ether oxygens (including phenoxy) is 1. The van der Waals surface area contributed by atoms with Crippen molar-refractivity contribution in [2.75, 3.05) is 27.2 Å². The monoisotopic (exact) mass is 352 g/mol. The van der Waals surface area contributed by atoms with Gasteiger partial charge < -0.3 is 4.74 Å². The summed E-state index contributed by atoms with van der Waals surface area (Å²) in [6.07, 6.45) is 3.27. The van der Waals surface area contributed by atoms with E-state index in [1.807, 2.05) is 6.07 Å². The highest BCUT2D eigenvalue weighted by Gasteiger charge is 2.33. The van der Waals surface area contributed by atoms with Gasteiger partial charge in [-0.2, -0.15) is 0 Å². The molecular formula is C18H28N2O3S. The van der Waals surface area contributed by atoms with Crippen molar-refractivity contribution in [2.45, 2.75) is 56.3 Å². The van der Waals surface area contributed by atoms with Gasteiger partial charge in [-0.1, -0.05) is 12.1 Å². The first-order valence-corrected chi connectivity index (χ1v) is 10.1. The zero-order valence-electron chi connectivity index (χ0n) is 15.1. The molecule has 1 atom stereocenters. The molecule has 0 bridgehead atoms. The third-order valence-electron chi connectivity index (χ3n) is 5.08. The van der Waals surface area contributed by atoms with Gasteiger partial charge >= 0.3 is 0 Å². The maximum absolute atomic E-state index is 12.5. The highest BCUT2D eigenvalue weighted by molar-refractivity contribution is 7.89. The van der Waals surface area contributed by atoms with Crippen molar-refractivity contribution < 1.29 is 13.2 Å². The Morgan fingerprint density at radius 3 is 2.71 bits per heavy atom. The van der Waals surface area contributed by atoms with Gasteiger partial charge in [0, 0.05) is 33.7 Å². The van der Waals surface area contributed by atoms with Gasteiger partial charge in [0.2, 0.25) is 10.0 Å². The Hall–Kier alpha value is -0.950. The molecule has 1 fully saturated rings. The summed E-state index contributed by atoms with van der Waals surface area (Å²) in [5.74, 6) is 0. The van der Waals surface area contributed by atoms with E-state index in [0.29, 0.717) is 4.90 Å². The molecule has 24 heavy (non-hydrogen) atoms. The Morgan fingerprint density at radius 2 is 2.08 bits per heavy atom. The summed E-state index contributed by atoms with van der Waals surface area (Å²) in [6.45, 7) is 6.90. The second-order valence-corrected chi connectivity index (χ2v) is 9.82. The lowest BCUT2D eigenvalue weighted by Gasteiger charge is -2.32. The van der Waals surface area contributed by atoms with Crippen LogP contribution in [0.15, 0.2) is 23.1 Å². The molecule has 0 N–H and O–H groups in total. The quantitative estimate of drug-likeness (QED) is 0.834. The molecule has 6 heteroatoms. The Kier molecular flexibility index (Phi) is 4.77. The summed E-state index contributed by atoms with van der Waals surface area (Å²) >= 11 is 0. The van der Waals surface area contributed by atoms with Crippen molar-refractivity contribution in [3.05, 3.63) is 29.3 Å². The fraction of sp³-hybridized carbons (Fsp3) is 0.667. The van der Waals surface area contributed by atoms with Crippen LogP contribution in [0.25, 0.3) is 0 Å². The molecule has 3 rings (SSSR count). The van der Waals surface area contributed by atoms with Crippen LogP contribution in [0.3, 0.4) is 0 Å². The first-order valence-electron chi connectivity index (χ1n) is 8.62. The number of nitrogens with zero attached hydrogens (tertiary/aromatic N) is 2. The first-order chi connectivity index (χ1) is 11.2. The van der Waals surface area contributed by atoms with E-state index >= 15 is 0 Å². The number of benzene rings is 1. The molecule has 134 valence electrons. The highest BCUT2D eigenvalue weighted by Crippen LogP contribution is 2.32. The van der Waals surface area contributed by atoms with Crippen LogP contribution in [0.5, 0.6) is 0 Å². The van der Waals surface area contributed by atoms with E-state index in [1.54, 1.807) is 20.2 Å². The molecule has 1 aromatic rings. The fourth-order valence-electron chi connectivity index (χ4n) is 3.72. The minimum atomic E-state index is -3.38. The number of rotatable bonds is 4. The topological polar surface area (TPSA) is 49.9 Å². The van der Waals surface area contributed by atoms with E-state index in [1.165, 1.54) is 4.31 Å². The molecule has 5 nitrogen and oxygen atoms in total. The minimum absolute atomic E-state index is 0.00861. The Bertz CT molecular complexity index is 713. The lowest BCUT2D eigenvalue weighted by atomic mass is 9.99. The third kappa shape index (κ3) is 3.52. The highest BCUT2D eigenvalue weighted by atomic mass is 32.2. The summed E-state index contributed by atoms with van der Waals surface area (Å²) < 4.78 is 32.5. The van der Waals surface area contributed by atoms with Gasteiger partial charge in [0.05, 0.1) is 16.6 Å². The number of sulfonamides is 1. The first kappa shape index (κ1) is 17.9. The van der Waals surface area contributed by atoms with Crippen LogP contribution in [0, 0.1) is 0 Å². The summed E-state index contributed by atoms with van der Waals surface area (Å²) in [6, 6.07) is 5.63. The molecule has 0 amide bonds. The molecule has 0 aliphatic carbocycles. The SMILES string of the molecule is CN(C)S(=O)(=O)c1cccc2c1CCN(CC1CCC(C)(C)O1)C2. The molecule has 0 radical (unpaired) electrons. The predicted molar refractivity (Wildman–Crippen MR) is 94.5 cm³/mol. The minimum Gasteiger partial charge on any atom is -0.371 e. The molecule has 1 aromatic carbocycles. The van der Waals surface area contributed by atoms with Crippen LogP contribution >= 0.6 is 0 Å². The van der Waals surface area contributed by atoms with Crippen molar-refractivity contribution in [3.63, 3.8) is 0 Å².